The van der Waals surface area contributed by atoms with Crippen LogP contribution in [0.5, 0.6) is 0 Å². The van der Waals surface area contributed by atoms with Gasteiger partial charge >= 0.3 is 0 Å². The summed E-state index contributed by atoms with van der Waals surface area (Å²) in [6, 6.07) is 6.19. The van der Waals surface area contributed by atoms with E-state index < -0.39 is 0 Å². The van der Waals surface area contributed by atoms with E-state index in [1.54, 1.807) is 0 Å². The normalized spacial score (nSPS) is 13.8. The molecule has 0 aromatic heterocycles. The number of hydrogen-bond donors (Lipinski definition) is 1. The highest BCUT2D eigenvalue weighted by atomic mass is 35.5. The lowest BCUT2D eigenvalue weighted by atomic mass is 9.87. The van der Waals surface area contributed by atoms with Crippen molar-refractivity contribution in [1.82, 2.24) is 5.32 Å². The van der Waals surface area contributed by atoms with Crippen LogP contribution >= 0.6 is 23.2 Å². The van der Waals surface area contributed by atoms with Crippen molar-refractivity contribution in [3.05, 3.63) is 33.8 Å². The summed E-state index contributed by atoms with van der Waals surface area (Å²) in [7, 11) is 1.98. The fourth-order valence-electron chi connectivity index (χ4n) is 1.78. The minimum absolute atomic E-state index is 0.337. The Labute approximate surface area is 115 Å². The molecule has 0 aliphatic heterocycles. The first-order valence-electron chi connectivity index (χ1n) is 5.96. The van der Waals surface area contributed by atoms with Crippen molar-refractivity contribution >= 4 is 23.2 Å². The number of benzene rings is 1. The monoisotopic (exact) mass is 273 g/mol. The van der Waals surface area contributed by atoms with E-state index in [2.05, 4.69) is 26.1 Å². The molecule has 17 heavy (non-hydrogen) atoms. The van der Waals surface area contributed by atoms with Gasteiger partial charge in [-0.15, -0.1) is 0 Å². The summed E-state index contributed by atoms with van der Waals surface area (Å²) in [5.74, 6) is 0. The third-order valence-corrected chi connectivity index (χ3v) is 3.62. The van der Waals surface area contributed by atoms with E-state index in [1.165, 1.54) is 12.0 Å². The topological polar surface area (TPSA) is 12.0 Å². The Morgan fingerprint density at radius 1 is 1.18 bits per heavy atom. The first kappa shape index (κ1) is 14.8. The van der Waals surface area contributed by atoms with Gasteiger partial charge < -0.3 is 5.32 Å². The van der Waals surface area contributed by atoms with Gasteiger partial charge in [0.1, 0.15) is 0 Å². The van der Waals surface area contributed by atoms with Gasteiger partial charge in [0.25, 0.3) is 0 Å². The molecule has 1 N–H and O–H groups in total. The fourth-order valence-corrected chi connectivity index (χ4v) is 2.09. The van der Waals surface area contributed by atoms with Crippen molar-refractivity contribution in [1.29, 1.82) is 0 Å². The van der Waals surface area contributed by atoms with Crippen LogP contribution < -0.4 is 5.32 Å². The van der Waals surface area contributed by atoms with E-state index in [0.29, 0.717) is 21.5 Å². The summed E-state index contributed by atoms with van der Waals surface area (Å²) in [5, 5.41) is 4.57. The molecule has 1 aromatic rings. The molecule has 0 amide bonds. The molecular formula is C14H21Cl2N. The number of nitrogens with one attached hydrogen (secondary N) is 1. The number of rotatable bonds is 4. The van der Waals surface area contributed by atoms with Crippen LogP contribution in [0.15, 0.2) is 18.2 Å². The molecule has 0 aliphatic carbocycles. The SMILES string of the molecule is CNC(CCC(C)(C)C)c1ccc(Cl)c(Cl)c1. The van der Waals surface area contributed by atoms with Crippen LogP contribution in [-0.4, -0.2) is 7.05 Å². The third-order valence-electron chi connectivity index (χ3n) is 2.88. The zero-order valence-electron chi connectivity index (χ0n) is 11.0. The lowest BCUT2D eigenvalue weighted by molar-refractivity contribution is 0.338. The standard InChI is InChI=1S/C14H21Cl2N/c1-14(2,3)8-7-13(17-4)10-5-6-11(15)12(16)9-10/h5-6,9,13,17H,7-8H2,1-4H3. The summed E-state index contributed by atoms with van der Waals surface area (Å²) in [6.07, 6.45) is 2.26. The van der Waals surface area contributed by atoms with Gasteiger partial charge in [-0.1, -0.05) is 50.0 Å². The summed E-state index contributed by atoms with van der Waals surface area (Å²) < 4.78 is 0. The molecular weight excluding hydrogens is 253 g/mol. The van der Waals surface area contributed by atoms with Gasteiger partial charge in [0.15, 0.2) is 0 Å². The van der Waals surface area contributed by atoms with Crippen molar-refractivity contribution in [2.75, 3.05) is 7.05 Å². The molecule has 1 rings (SSSR count). The predicted octanol–water partition coefficient (Wildman–Crippen LogP) is 5.08. The first-order chi connectivity index (χ1) is 7.83. The second-order valence-electron chi connectivity index (χ2n) is 5.61. The van der Waals surface area contributed by atoms with E-state index in [-0.39, 0.29) is 0 Å². The fraction of sp³-hybridized carbons (Fsp3) is 0.571. The predicted molar refractivity (Wildman–Crippen MR) is 77.0 cm³/mol. The highest BCUT2D eigenvalue weighted by Crippen LogP contribution is 2.30. The molecule has 0 saturated carbocycles. The van der Waals surface area contributed by atoms with Crippen LogP contribution in [0, 0.1) is 5.41 Å². The largest absolute Gasteiger partial charge is 0.313 e. The van der Waals surface area contributed by atoms with Gasteiger partial charge in [-0.2, -0.15) is 0 Å². The molecule has 0 fully saturated rings. The van der Waals surface area contributed by atoms with Crippen LogP contribution in [0.1, 0.15) is 45.2 Å². The second kappa shape index (κ2) is 6.08. The van der Waals surface area contributed by atoms with Crippen molar-refractivity contribution in [2.45, 2.75) is 39.7 Å². The van der Waals surface area contributed by atoms with Crippen LogP contribution in [-0.2, 0) is 0 Å². The maximum absolute atomic E-state index is 6.05. The molecule has 3 heteroatoms. The Hall–Kier alpha value is -0.240. The maximum Gasteiger partial charge on any atom is 0.0595 e. The van der Waals surface area contributed by atoms with Gasteiger partial charge in [0, 0.05) is 6.04 Å². The number of hydrogen-bond acceptors (Lipinski definition) is 1. The molecule has 1 atom stereocenters. The highest BCUT2D eigenvalue weighted by molar-refractivity contribution is 6.42. The molecule has 1 aromatic carbocycles. The summed E-state index contributed by atoms with van der Waals surface area (Å²) in [6.45, 7) is 6.78. The van der Waals surface area contributed by atoms with Crippen LogP contribution in [0.25, 0.3) is 0 Å². The Balaban J connectivity index is 2.76. The van der Waals surface area contributed by atoms with Gasteiger partial charge in [0.05, 0.1) is 10.0 Å². The maximum atomic E-state index is 6.05. The van der Waals surface area contributed by atoms with Crippen molar-refractivity contribution in [2.24, 2.45) is 5.41 Å². The van der Waals surface area contributed by atoms with Gasteiger partial charge in [0.2, 0.25) is 0 Å². The molecule has 0 radical (unpaired) electrons. The van der Waals surface area contributed by atoms with Crippen molar-refractivity contribution in [3.63, 3.8) is 0 Å². The summed E-state index contributed by atoms with van der Waals surface area (Å²) in [4.78, 5) is 0. The summed E-state index contributed by atoms with van der Waals surface area (Å²) >= 11 is 12.0. The van der Waals surface area contributed by atoms with Crippen LogP contribution in [0.4, 0.5) is 0 Å². The Morgan fingerprint density at radius 2 is 1.82 bits per heavy atom. The lowest BCUT2D eigenvalue weighted by Crippen LogP contribution is -2.19. The van der Waals surface area contributed by atoms with E-state index in [1.807, 2.05) is 25.2 Å². The van der Waals surface area contributed by atoms with E-state index in [9.17, 15) is 0 Å². The first-order valence-corrected chi connectivity index (χ1v) is 6.71. The zero-order chi connectivity index (χ0) is 13.1. The average Bonchev–Trinajstić information content (AvgIpc) is 2.22. The Kier molecular flexibility index (Phi) is 5.30. The van der Waals surface area contributed by atoms with Crippen molar-refractivity contribution < 1.29 is 0 Å². The molecule has 1 nitrogen and oxygen atoms in total. The van der Waals surface area contributed by atoms with Crippen LogP contribution in [0.2, 0.25) is 10.0 Å². The molecule has 0 spiro atoms. The quantitative estimate of drug-likeness (QED) is 0.807. The molecule has 0 saturated heterocycles. The lowest BCUT2D eigenvalue weighted by Gasteiger charge is -2.23. The van der Waals surface area contributed by atoms with Gasteiger partial charge in [-0.3, -0.25) is 0 Å². The van der Waals surface area contributed by atoms with Crippen molar-refractivity contribution in [3.8, 4) is 0 Å². The Morgan fingerprint density at radius 3 is 2.29 bits per heavy atom. The molecule has 96 valence electrons. The molecule has 1 unspecified atom stereocenters. The van der Waals surface area contributed by atoms with Gasteiger partial charge in [-0.25, -0.2) is 0 Å². The van der Waals surface area contributed by atoms with E-state index in [4.69, 9.17) is 23.2 Å². The average molecular weight is 274 g/mol. The smallest absolute Gasteiger partial charge is 0.0595 e. The third kappa shape index (κ3) is 4.87. The van der Waals surface area contributed by atoms with E-state index >= 15 is 0 Å². The highest BCUT2D eigenvalue weighted by Gasteiger charge is 2.16. The molecule has 0 heterocycles. The van der Waals surface area contributed by atoms with E-state index in [0.717, 1.165) is 6.42 Å². The Bertz CT molecular complexity index is 369. The minimum atomic E-state index is 0.337. The summed E-state index contributed by atoms with van der Waals surface area (Å²) in [5.41, 5.74) is 1.55. The second-order valence-corrected chi connectivity index (χ2v) is 6.43. The minimum Gasteiger partial charge on any atom is -0.313 e. The van der Waals surface area contributed by atoms with Crippen LogP contribution in [0.3, 0.4) is 0 Å². The molecule has 0 bridgehead atoms. The zero-order valence-corrected chi connectivity index (χ0v) is 12.5. The number of halogens is 2. The molecule has 0 aliphatic rings. The van der Waals surface area contributed by atoms with Gasteiger partial charge in [-0.05, 0) is 43.0 Å².